The first-order valence-electron chi connectivity index (χ1n) is 8.18. The van der Waals surface area contributed by atoms with E-state index in [2.05, 4.69) is 16.9 Å². The Kier molecular flexibility index (Phi) is 4.68. The Hall–Kier alpha value is -2.88. The van der Waals surface area contributed by atoms with E-state index in [-0.39, 0.29) is 5.69 Å². The fourth-order valence-electron chi connectivity index (χ4n) is 3.08. The van der Waals surface area contributed by atoms with E-state index in [0.29, 0.717) is 24.3 Å². The van der Waals surface area contributed by atoms with Gasteiger partial charge in [-0.2, -0.15) is 18.3 Å². The zero-order valence-corrected chi connectivity index (χ0v) is 14.0. The molecular formula is C19H16F3N3O. The third-order valence-electron chi connectivity index (χ3n) is 4.40. The lowest BCUT2D eigenvalue weighted by atomic mass is 10.1. The highest BCUT2D eigenvalue weighted by molar-refractivity contribution is 5.86. The van der Waals surface area contributed by atoms with Crippen LogP contribution in [0.4, 0.5) is 18.9 Å². The van der Waals surface area contributed by atoms with Gasteiger partial charge in [0.1, 0.15) is 0 Å². The van der Waals surface area contributed by atoms with Gasteiger partial charge in [0.15, 0.2) is 0 Å². The molecule has 0 N–H and O–H groups in total. The summed E-state index contributed by atoms with van der Waals surface area (Å²) in [7, 11) is 0. The number of benzene rings is 1. The predicted molar refractivity (Wildman–Crippen MR) is 93.3 cm³/mol. The summed E-state index contributed by atoms with van der Waals surface area (Å²) in [6.45, 7) is 9.11. The van der Waals surface area contributed by atoms with Gasteiger partial charge in [0.2, 0.25) is 0 Å². The van der Waals surface area contributed by atoms with Gasteiger partial charge in [0, 0.05) is 11.3 Å². The predicted octanol–water partition coefficient (Wildman–Crippen LogP) is 5.11. The molecule has 1 fully saturated rings. The maximum absolute atomic E-state index is 13.4. The summed E-state index contributed by atoms with van der Waals surface area (Å²) in [5.41, 5.74) is -2.00. The van der Waals surface area contributed by atoms with Crippen LogP contribution in [0.2, 0.25) is 0 Å². The van der Waals surface area contributed by atoms with E-state index in [1.54, 1.807) is 30.3 Å². The average Bonchev–Trinajstić information content (AvgIpc) is 3.01. The number of hydrogen-bond donors (Lipinski definition) is 0. The minimum Gasteiger partial charge on any atom is -0.281 e. The Bertz CT molecular complexity index is 953. The molecule has 26 heavy (non-hydrogen) atoms. The summed E-state index contributed by atoms with van der Waals surface area (Å²) < 4.78 is 41.1. The smallest absolute Gasteiger partial charge is 0.281 e. The Morgan fingerprint density at radius 2 is 1.96 bits per heavy atom. The van der Waals surface area contributed by atoms with Crippen LogP contribution in [0.1, 0.15) is 31.7 Å². The van der Waals surface area contributed by atoms with Gasteiger partial charge < -0.3 is 0 Å². The Morgan fingerprint density at radius 3 is 2.50 bits per heavy atom. The maximum atomic E-state index is 13.4. The van der Waals surface area contributed by atoms with E-state index in [1.165, 1.54) is 0 Å². The Balaban J connectivity index is 2.31. The number of aromatic nitrogens is 1. The fourth-order valence-corrected chi connectivity index (χ4v) is 3.08. The first kappa shape index (κ1) is 17.9. The number of nitrogens with zero attached hydrogens (tertiary/aromatic N) is 3. The highest BCUT2D eigenvalue weighted by Gasteiger charge is 2.36. The molecule has 0 radical (unpaired) electrons. The van der Waals surface area contributed by atoms with Crippen molar-refractivity contribution in [2.75, 3.05) is 0 Å². The van der Waals surface area contributed by atoms with Crippen molar-refractivity contribution in [2.45, 2.75) is 32.4 Å². The molecule has 1 heterocycles. The molecule has 0 amide bonds. The fraction of sp³-hybridized carbons (Fsp3) is 0.316. The van der Waals surface area contributed by atoms with Crippen LogP contribution >= 0.6 is 0 Å². The molecule has 3 rings (SSSR count). The van der Waals surface area contributed by atoms with Gasteiger partial charge in [-0.1, -0.05) is 37.3 Å². The van der Waals surface area contributed by atoms with Crippen molar-refractivity contribution in [1.29, 1.82) is 0 Å². The second-order valence-electron chi connectivity index (χ2n) is 6.40. The molecule has 0 spiro atoms. The van der Waals surface area contributed by atoms with E-state index in [1.807, 2.05) is 0 Å². The zero-order valence-electron chi connectivity index (χ0n) is 14.0. The first-order valence-corrected chi connectivity index (χ1v) is 8.18. The minimum atomic E-state index is -4.79. The summed E-state index contributed by atoms with van der Waals surface area (Å²) in [6.07, 6.45) is -2.49. The third kappa shape index (κ3) is 3.40. The van der Waals surface area contributed by atoms with Crippen LogP contribution in [0.15, 0.2) is 46.3 Å². The molecule has 134 valence electrons. The standard InChI is InChI=1S/C19H16F3N3O/c1-12-8-9-14(10-12)24-25-16(13-6-4-3-5-7-13)11-15(19(20,21)22)17(23-2)18(25)26/h3-7,11-12H,8-10H2,1H3. The number of hydrogen-bond acceptors (Lipinski definition) is 2. The molecule has 1 aromatic carbocycles. The van der Waals surface area contributed by atoms with Crippen LogP contribution in [-0.4, -0.2) is 10.4 Å². The second-order valence-corrected chi connectivity index (χ2v) is 6.40. The van der Waals surface area contributed by atoms with Gasteiger partial charge in [-0.05, 0) is 31.2 Å². The maximum Gasteiger partial charge on any atom is 0.407 e. The van der Waals surface area contributed by atoms with Crippen LogP contribution in [0.5, 0.6) is 0 Å². The lowest BCUT2D eigenvalue weighted by molar-refractivity contribution is -0.136. The third-order valence-corrected chi connectivity index (χ3v) is 4.40. The van der Waals surface area contributed by atoms with Crippen molar-refractivity contribution in [3.05, 3.63) is 63.7 Å². The summed E-state index contributed by atoms with van der Waals surface area (Å²) in [6, 6.07) is 9.14. The summed E-state index contributed by atoms with van der Waals surface area (Å²) in [5, 5.41) is 4.33. The second kappa shape index (κ2) is 6.79. The van der Waals surface area contributed by atoms with Crippen LogP contribution in [0.25, 0.3) is 16.1 Å². The first-order chi connectivity index (χ1) is 12.3. The van der Waals surface area contributed by atoms with E-state index in [0.717, 1.165) is 22.9 Å². The molecule has 0 saturated heterocycles. The number of rotatable bonds is 2. The van der Waals surface area contributed by atoms with Gasteiger partial charge >= 0.3 is 6.18 Å². The normalized spacial score (nSPS) is 18.9. The van der Waals surface area contributed by atoms with E-state index in [4.69, 9.17) is 6.57 Å². The van der Waals surface area contributed by atoms with Crippen molar-refractivity contribution in [2.24, 2.45) is 11.0 Å². The average molecular weight is 359 g/mol. The Labute approximate surface area is 148 Å². The summed E-state index contributed by atoms with van der Waals surface area (Å²) in [5.74, 6) is 0.416. The molecule has 2 aromatic rings. The quantitative estimate of drug-likeness (QED) is 0.687. The number of alkyl halides is 3. The van der Waals surface area contributed by atoms with Crippen molar-refractivity contribution < 1.29 is 13.2 Å². The molecule has 1 aromatic heterocycles. The van der Waals surface area contributed by atoms with E-state index in [9.17, 15) is 18.0 Å². The van der Waals surface area contributed by atoms with Crippen molar-refractivity contribution in [1.82, 2.24) is 4.68 Å². The van der Waals surface area contributed by atoms with Gasteiger partial charge in [-0.25, -0.2) is 9.52 Å². The monoisotopic (exact) mass is 359 g/mol. The molecule has 1 saturated carbocycles. The van der Waals surface area contributed by atoms with Crippen molar-refractivity contribution >= 4 is 11.4 Å². The number of halogens is 3. The lowest BCUT2D eigenvalue weighted by Crippen LogP contribution is -2.23. The largest absolute Gasteiger partial charge is 0.407 e. The SMILES string of the molecule is [C-]#[N+]c1c(C(F)(F)F)cc(-c2ccccc2)n(N=C2CCC(C)C2)c1=O. The molecule has 1 aliphatic carbocycles. The highest BCUT2D eigenvalue weighted by Crippen LogP contribution is 2.37. The van der Waals surface area contributed by atoms with Gasteiger partial charge in [-0.15, -0.1) is 0 Å². The molecule has 4 nitrogen and oxygen atoms in total. The van der Waals surface area contributed by atoms with Crippen LogP contribution in [-0.2, 0) is 6.18 Å². The van der Waals surface area contributed by atoms with Gasteiger partial charge in [0.25, 0.3) is 11.2 Å². The molecule has 1 atom stereocenters. The minimum absolute atomic E-state index is 0.0300. The molecular weight excluding hydrogens is 343 g/mol. The molecule has 0 aliphatic heterocycles. The van der Waals surface area contributed by atoms with Crippen LogP contribution in [0.3, 0.4) is 0 Å². The van der Waals surface area contributed by atoms with Gasteiger partial charge in [-0.3, -0.25) is 4.79 Å². The molecule has 1 aliphatic rings. The van der Waals surface area contributed by atoms with Gasteiger partial charge in [0.05, 0.1) is 17.8 Å². The molecule has 1 unspecified atom stereocenters. The lowest BCUT2D eigenvalue weighted by Gasteiger charge is -2.15. The topological polar surface area (TPSA) is 38.7 Å². The van der Waals surface area contributed by atoms with Crippen molar-refractivity contribution in [3.63, 3.8) is 0 Å². The number of pyridine rings is 1. The Morgan fingerprint density at radius 1 is 1.27 bits per heavy atom. The van der Waals surface area contributed by atoms with E-state index < -0.39 is 23.0 Å². The van der Waals surface area contributed by atoms with Crippen LogP contribution in [0, 0.1) is 12.5 Å². The molecule has 7 heteroatoms. The molecule has 0 bridgehead atoms. The highest BCUT2D eigenvalue weighted by atomic mass is 19.4. The van der Waals surface area contributed by atoms with E-state index >= 15 is 0 Å². The zero-order chi connectivity index (χ0) is 18.9. The summed E-state index contributed by atoms with van der Waals surface area (Å²) >= 11 is 0. The van der Waals surface area contributed by atoms with Crippen LogP contribution < -0.4 is 5.56 Å². The van der Waals surface area contributed by atoms with Crippen molar-refractivity contribution in [3.8, 4) is 11.3 Å². The summed E-state index contributed by atoms with van der Waals surface area (Å²) in [4.78, 5) is 15.5.